The van der Waals surface area contributed by atoms with Crippen molar-refractivity contribution in [1.82, 2.24) is 5.32 Å². The van der Waals surface area contributed by atoms with Gasteiger partial charge in [-0.3, -0.25) is 9.59 Å². The van der Waals surface area contributed by atoms with Crippen molar-refractivity contribution < 1.29 is 24.9 Å². The van der Waals surface area contributed by atoms with Gasteiger partial charge >= 0.3 is 0 Å². The number of hydrogen-bond donors (Lipinski definition) is 4. The van der Waals surface area contributed by atoms with Crippen LogP contribution in [-0.4, -0.2) is 33.1 Å². The Labute approximate surface area is 147 Å². The molecule has 1 aliphatic heterocycles. The van der Waals surface area contributed by atoms with Gasteiger partial charge in [0.1, 0.15) is 29.2 Å². The number of benzene rings is 1. The number of amides is 1. The summed E-state index contributed by atoms with van der Waals surface area (Å²) in [5.41, 5.74) is 0.128. The van der Waals surface area contributed by atoms with E-state index in [1.807, 2.05) is 13.8 Å². The topological polar surface area (TPSA) is 107 Å². The van der Waals surface area contributed by atoms with E-state index in [-0.39, 0.29) is 23.0 Å². The van der Waals surface area contributed by atoms with Crippen molar-refractivity contribution >= 4 is 11.7 Å². The summed E-state index contributed by atoms with van der Waals surface area (Å²) in [5, 5.41) is 32.6. The molecule has 4 N–H and O–H groups in total. The molecule has 2 rings (SSSR count). The van der Waals surface area contributed by atoms with Gasteiger partial charge in [-0.2, -0.15) is 0 Å². The van der Waals surface area contributed by atoms with E-state index < -0.39 is 23.8 Å². The van der Waals surface area contributed by atoms with Crippen molar-refractivity contribution in [1.29, 1.82) is 0 Å². The van der Waals surface area contributed by atoms with Gasteiger partial charge in [0.2, 0.25) is 0 Å². The largest absolute Gasteiger partial charge is 0.511 e. The minimum Gasteiger partial charge on any atom is -0.511 e. The summed E-state index contributed by atoms with van der Waals surface area (Å²) in [6.45, 7) is 5.86. The quantitative estimate of drug-likeness (QED) is 0.359. The van der Waals surface area contributed by atoms with Gasteiger partial charge < -0.3 is 20.6 Å². The molecule has 1 aromatic carbocycles. The van der Waals surface area contributed by atoms with Crippen molar-refractivity contribution in [3.63, 3.8) is 0 Å². The molecule has 0 spiro atoms. The van der Waals surface area contributed by atoms with Gasteiger partial charge in [0, 0.05) is 5.92 Å². The Morgan fingerprint density at radius 2 is 1.80 bits per heavy atom. The van der Waals surface area contributed by atoms with Crippen molar-refractivity contribution in [2.75, 3.05) is 0 Å². The fourth-order valence-corrected chi connectivity index (χ4v) is 3.00. The van der Waals surface area contributed by atoms with Gasteiger partial charge in [-0.15, -0.1) is 0 Å². The molecule has 1 saturated heterocycles. The van der Waals surface area contributed by atoms with Gasteiger partial charge in [0.05, 0.1) is 0 Å². The molecule has 4 atom stereocenters. The Bertz CT molecular complexity index is 680. The van der Waals surface area contributed by atoms with Crippen molar-refractivity contribution in [2.45, 2.75) is 45.8 Å². The number of aliphatic hydroxyl groups is 2. The van der Waals surface area contributed by atoms with Gasteiger partial charge in [-0.05, 0) is 30.0 Å². The van der Waals surface area contributed by atoms with Gasteiger partial charge in [-0.25, -0.2) is 0 Å². The summed E-state index contributed by atoms with van der Waals surface area (Å²) >= 11 is 0. The molecule has 0 saturated carbocycles. The zero-order valence-corrected chi connectivity index (χ0v) is 14.7. The number of nitrogens with one attached hydrogen (secondary N) is 1. The number of rotatable bonds is 6. The fourth-order valence-electron chi connectivity index (χ4n) is 3.00. The standard InChI is InChI=1S/C19H25NO5/c1-4-10(2)9-11(3)16(22)14-18(24)15(20-19(14)25)17(23)12-5-7-13(21)8-6-12/h5-8,10-11,15,17,21-23H,4,9H2,1-3H3,(H,20,25)/b16-14+. The maximum Gasteiger partial charge on any atom is 0.259 e. The third-order valence-electron chi connectivity index (χ3n) is 4.77. The number of hydrogen-bond acceptors (Lipinski definition) is 5. The highest BCUT2D eigenvalue weighted by atomic mass is 16.3. The van der Waals surface area contributed by atoms with Gasteiger partial charge in [0.15, 0.2) is 5.78 Å². The number of ketones is 1. The van der Waals surface area contributed by atoms with Crippen LogP contribution < -0.4 is 5.32 Å². The second-order valence-electron chi connectivity index (χ2n) is 6.76. The van der Waals surface area contributed by atoms with Crippen LogP contribution in [0.4, 0.5) is 0 Å². The van der Waals surface area contributed by atoms with Gasteiger partial charge in [0.25, 0.3) is 5.91 Å². The normalized spacial score (nSPS) is 23.1. The molecule has 4 unspecified atom stereocenters. The molecule has 1 fully saturated rings. The fraction of sp³-hybridized carbons (Fsp3) is 0.474. The molecule has 6 heteroatoms. The highest BCUT2D eigenvalue weighted by Crippen LogP contribution is 2.29. The number of carbonyl (C=O) groups excluding carboxylic acids is 2. The van der Waals surface area contributed by atoms with Crippen LogP contribution in [0.1, 0.15) is 45.3 Å². The first-order valence-electron chi connectivity index (χ1n) is 8.51. The molecule has 0 radical (unpaired) electrons. The van der Waals surface area contributed by atoms with Crippen molar-refractivity contribution in [3.05, 3.63) is 41.2 Å². The summed E-state index contributed by atoms with van der Waals surface area (Å²) in [7, 11) is 0. The van der Waals surface area contributed by atoms with E-state index in [4.69, 9.17) is 0 Å². The highest BCUT2D eigenvalue weighted by Gasteiger charge is 2.43. The Hall–Kier alpha value is -2.34. The minimum absolute atomic E-state index is 0.0369. The smallest absolute Gasteiger partial charge is 0.259 e. The SMILES string of the molecule is CCC(C)CC(C)/C(O)=C1\C(=O)NC(C(O)c2ccc(O)cc2)C1=O. The van der Waals surface area contributed by atoms with E-state index in [1.54, 1.807) is 6.92 Å². The van der Waals surface area contributed by atoms with Crippen molar-refractivity contribution in [2.24, 2.45) is 11.8 Å². The summed E-state index contributed by atoms with van der Waals surface area (Å²) in [6.07, 6.45) is 0.347. The van der Waals surface area contributed by atoms with E-state index in [0.29, 0.717) is 17.9 Å². The van der Waals surface area contributed by atoms with E-state index in [1.165, 1.54) is 24.3 Å². The Morgan fingerprint density at radius 3 is 2.36 bits per heavy atom. The number of Topliss-reactive ketones (excluding diaryl/α,β-unsaturated/α-hetero) is 1. The molecule has 1 heterocycles. The Morgan fingerprint density at radius 1 is 1.20 bits per heavy atom. The Kier molecular flexibility index (Phi) is 5.85. The van der Waals surface area contributed by atoms with Crippen LogP contribution in [0.15, 0.2) is 35.6 Å². The molecule has 6 nitrogen and oxygen atoms in total. The van der Waals surface area contributed by atoms with E-state index in [9.17, 15) is 24.9 Å². The molecular formula is C19H25NO5. The average Bonchev–Trinajstić information content (AvgIpc) is 2.88. The number of aliphatic hydroxyl groups excluding tert-OH is 2. The number of allylic oxidation sites excluding steroid dienone is 1. The molecule has 0 aliphatic carbocycles. The zero-order valence-electron chi connectivity index (χ0n) is 14.7. The molecular weight excluding hydrogens is 322 g/mol. The molecule has 136 valence electrons. The monoisotopic (exact) mass is 347 g/mol. The lowest BCUT2D eigenvalue weighted by atomic mass is 9.90. The Balaban J connectivity index is 2.23. The van der Waals surface area contributed by atoms with E-state index in [0.717, 1.165) is 6.42 Å². The first kappa shape index (κ1) is 19.0. The molecule has 1 aromatic rings. The highest BCUT2D eigenvalue weighted by molar-refractivity contribution is 6.27. The molecule has 0 aromatic heterocycles. The molecule has 1 aliphatic rings. The van der Waals surface area contributed by atoms with Gasteiger partial charge in [-0.1, -0.05) is 39.3 Å². The van der Waals surface area contributed by atoms with Crippen LogP contribution >= 0.6 is 0 Å². The van der Waals surface area contributed by atoms with Crippen molar-refractivity contribution in [3.8, 4) is 5.75 Å². The molecule has 25 heavy (non-hydrogen) atoms. The maximum atomic E-state index is 12.6. The second kappa shape index (κ2) is 7.70. The maximum absolute atomic E-state index is 12.6. The summed E-state index contributed by atoms with van der Waals surface area (Å²) in [5.74, 6) is -1.42. The third-order valence-corrected chi connectivity index (χ3v) is 4.77. The first-order valence-corrected chi connectivity index (χ1v) is 8.51. The zero-order chi connectivity index (χ0) is 18.7. The lowest BCUT2D eigenvalue weighted by molar-refractivity contribution is -0.118. The molecule has 1 amide bonds. The van der Waals surface area contributed by atoms with E-state index >= 15 is 0 Å². The van der Waals surface area contributed by atoms with Crippen LogP contribution in [0.3, 0.4) is 0 Å². The second-order valence-corrected chi connectivity index (χ2v) is 6.76. The van der Waals surface area contributed by atoms with Crippen LogP contribution in [0, 0.1) is 11.8 Å². The summed E-state index contributed by atoms with van der Waals surface area (Å²) in [6, 6.07) is 4.59. The summed E-state index contributed by atoms with van der Waals surface area (Å²) < 4.78 is 0. The third kappa shape index (κ3) is 4.02. The minimum atomic E-state index is -1.26. The predicted octanol–water partition coefficient (Wildman–Crippen LogP) is 2.38. The number of phenols is 1. The number of aromatic hydroxyl groups is 1. The number of carbonyl (C=O) groups is 2. The number of phenolic OH excluding ortho intramolecular Hbond substituents is 1. The predicted molar refractivity (Wildman–Crippen MR) is 92.9 cm³/mol. The lowest BCUT2D eigenvalue weighted by Crippen LogP contribution is -2.35. The first-order chi connectivity index (χ1) is 11.8. The summed E-state index contributed by atoms with van der Waals surface area (Å²) in [4.78, 5) is 24.8. The van der Waals surface area contributed by atoms with Crippen LogP contribution in [0.25, 0.3) is 0 Å². The lowest BCUT2D eigenvalue weighted by Gasteiger charge is -2.17. The van der Waals surface area contributed by atoms with Crippen LogP contribution in [0.2, 0.25) is 0 Å². The average molecular weight is 347 g/mol. The molecule has 0 bridgehead atoms. The van der Waals surface area contributed by atoms with Crippen LogP contribution in [0.5, 0.6) is 5.75 Å². The van der Waals surface area contributed by atoms with Crippen LogP contribution in [-0.2, 0) is 9.59 Å². The van der Waals surface area contributed by atoms with E-state index in [2.05, 4.69) is 5.32 Å².